The van der Waals surface area contributed by atoms with Crippen molar-refractivity contribution in [2.24, 2.45) is 4.99 Å². The number of carbonyl (C=O) groups is 1. The predicted molar refractivity (Wildman–Crippen MR) is 117 cm³/mol. The minimum atomic E-state index is -0.324. The molecule has 150 valence electrons. The summed E-state index contributed by atoms with van der Waals surface area (Å²) in [6.45, 7) is 4.49. The maximum absolute atomic E-state index is 13.3. The van der Waals surface area contributed by atoms with Gasteiger partial charge in [0.05, 0.1) is 12.3 Å². The van der Waals surface area contributed by atoms with Crippen molar-refractivity contribution in [2.45, 2.75) is 13.8 Å². The number of halogens is 1. The van der Waals surface area contributed by atoms with Gasteiger partial charge in [-0.1, -0.05) is 35.9 Å². The lowest BCUT2D eigenvalue weighted by atomic mass is 10.1. The summed E-state index contributed by atoms with van der Waals surface area (Å²) in [4.78, 5) is 19.5. The number of benzene rings is 3. The Balaban J connectivity index is 1.78. The molecular formula is C25H21FN2O2. The number of ether oxygens (including phenoxy) is 1. The average molecular weight is 400 g/mol. The summed E-state index contributed by atoms with van der Waals surface area (Å²) in [7, 11) is 0. The summed E-state index contributed by atoms with van der Waals surface area (Å²) in [6, 6.07) is 21.2. The van der Waals surface area contributed by atoms with E-state index < -0.39 is 0 Å². The fraction of sp³-hybridized carbons (Fsp3) is 0.120. The first-order chi connectivity index (χ1) is 14.5. The summed E-state index contributed by atoms with van der Waals surface area (Å²) in [5, 5.41) is 0. The second-order valence-electron chi connectivity index (χ2n) is 6.95. The lowest BCUT2D eigenvalue weighted by molar-refractivity contribution is -0.113. The van der Waals surface area contributed by atoms with Crippen molar-refractivity contribution in [1.29, 1.82) is 0 Å². The van der Waals surface area contributed by atoms with Crippen LogP contribution in [-0.4, -0.2) is 18.3 Å². The third kappa shape index (κ3) is 4.01. The summed E-state index contributed by atoms with van der Waals surface area (Å²) < 4.78 is 18.7. The van der Waals surface area contributed by atoms with Crippen LogP contribution in [0.1, 0.15) is 23.6 Å². The molecule has 4 rings (SSSR count). The molecule has 0 atom stereocenters. The van der Waals surface area contributed by atoms with E-state index in [0.717, 1.165) is 16.9 Å². The number of carbonyl (C=O) groups excluding carboxylic acids is 1. The molecule has 0 spiro atoms. The minimum absolute atomic E-state index is 0.236. The van der Waals surface area contributed by atoms with Crippen molar-refractivity contribution < 1.29 is 13.9 Å². The molecule has 30 heavy (non-hydrogen) atoms. The molecule has 0 unspecified atom stereocenters. The molecule has 1 heterocycles. The molecule has 0 aliphatic carbocycles. The number of nitrogens with zero attached hydrogens (tertiary/aromatic N) is 2. The Labute approximate surface area is 175 Å². The Bertz CT molecular complexity index is 1130. The number of amidine groups is 1. The third-order valence-electron chi connectivity index (χ3n) is 4.72. The molecule has 5 heteroatoms. The van der Waals surface area contributed by atoms with Crippen LogP contribution in [-0.2, 0) is 4.79 Å². The fourth-order valence-electron chi connectivity index (χ4n) is 3.31. The third-order valence-corrected chi connectivity index (χ3v) is 4.72. The van der Waals surface area contributed by atoms with Crippen LogP contribution in [0.4, 0.5) is 10.1 Å². The van der Waals surface area contributed by atoms with E-state index in [2.05, 4.69) is 4.99 Å². The molecule has 0 radical (unpaired) electrons. The second-order valence-corrected chi connectivity index (χ2v) is 6.95. The van der Waals surface area contributed by atoms with E-state index >= 15 is 0 Å². The molecule has 0 N–H and O–H groups in total. The highest BCUT2D eigenvalue weighted by Crippen LogP contribution is 2.29. The zero-order chi connectivity index (χ0) is 21.1. The standard InChI is InChI=1S/C25H21FN2O2/c1-3-30-22-13-11-21(12-14-22)28-24(19-6-4-5-17(2)15-19)27-23(25(28)29)16-18-7-9-20(26)10-8-18/h4-16H,3H2,1-2H3/b23-16+. The summed E-state index contributed by atoms with van der Waals surface area (Å²) in [5.74, 6) is 0.736. The van der Waals surface area contributed by atoms with E-state index in [1.54, 1.807) is 23.1 Å². The largest absolute Gasteiger partial charge is 0.494 e. The molecule has 1 aliphatic rings. The first-order valence-corrected chi connectivity index (χ1v) is 9.75. The van der Waals surface area contributed by atoms with Crippen LogP contribution in [0.2, 0.25) is 0 Å². The summed E-state index contributed by atoms with van der Waals surface area (Å²) in [6.07, 6.45) is 1.67. The SMILES string of the molecule is CCOc1ccc(N2C(=O)/C(=C\c3ccc(F)cc3)N=C2c2cccc(C)c2)cc1. The zero-order valence-electron chi connectivity index (χ0n) is 16.8. The molecule has 0 saturated heterocycles. The first kappa shape index (κ1) is 19.6. The van der Waals surface area contributed by atoms with Crippen LogP contribution >= 0.6 is 0 Å². The highest BCUT2D eigenvalue weighted by Gasteiger charge is 2.32. The van der Waals surface area contributed by atoms with Crippen molar-refractivity contribution in [2.75, 3.05) is 11.5 Å². The lowest BCUT2D eigenvalue weighted by Gasteiger charge is -2.19. The highest BCUT2D eigenvalue weighted by molar-refractivity contribution is 6.33. The van der Waals surface area contributed by atoms with Gasteiger partial charge < -0.3 is 4.74 Å². The van der Waals surface area contributed by atoms with Crippen LogP contribution in [0.25, 0.3) is 6.08 Å². The van der Waals surface area contributed by atoms with Gasteiger partial charge in [-0.05, 0) is 68.0 Å². The number of amides is 1. The smallest absolute Gasteiger partial charge is 0.282 e. The van der Waals surface area contributed by atoms with Crippen LogP contribution in [0.15, 0.2) is 83.5 Å². The van der Waals surface area contributed by atoms with Crippen LogP contribution in [0, 0.1) is 12.7 Å². The second kappa shape index (κ2) is 8.33. The van der Waals surface area contributed by atoms with Gasteiger partial charge in [-0.2, -0.15) is 0 Å². The number of rotatable bonds is 5. The van der Waals surface area contributed by atoms with E-state index in [0.29, 0.717) is 29.4 Å². The molecule has 4 nitrogen and oxygen atoms in total. The Morgan fingerprint density at radius 2 is 1.77 bits per heavy atom. The molecule has 0 saturated carbocycles. The van der Waals surface area contributed by atoms with Gasteiger partial charge in [0.1, 0.15) is 23.1 Å². The van der Waals surface area contributed by atoms with Crippen LogP contribution < -0.4 is 9.64 Å². The van der Waals surface area contributed by atoms with E-state index in [-0.39, 0.29) is 11.7 Å². The Hall–Kier alpha value is -3.73. The number of hydrogen-bond donors (Lipinski definition) is 0. The Kier molecular flexibility index (Phi) is 5.44. The van der Waals surface area contributed by atoms with Gasteiger partial charge in [-0.15, -0.1) is 0 Å². The van der Waals surface area contributed by atoms with Crippen molar-refractivity contribution >= 4 is 23.5 Å². The number of aliphatic imine (C=N–C) groups is 1. The van der Waals surface area contributed by atoms with E-state index in [4.69, 9.17) is 4.74 Å². The monoisotopic (exact) mass is 400 g/mol. The lowest BCUT2D eigenvalue weighted by Crippen LogP contribution is -2.32. The number of hydrogen-bond acceptors (Lipinski definition) is 3. The molecule has 0 aromatic heterocycles. The molecule has 1 amide bonds. The highest BCUT2D eigenvalue weighted by atomic mass is 19.1. The average Bonchev–Trinajstić information content (AvgIpc) is 3.07. The Morgan fingerprint density at radius 1 is 1.03 bits per heavy atom. The molecular weight excluding hydrogens is 379 g/mol. The van der Waals surface area contributed by atoms with Gasteiger partial charge in [-0.3, -0.25) is 9.69 Å². The molecule has 3 aromatic carbocycles. The molecule has 0 fully saturated rings. The quantitative estimate of drug-likeness (QED) is 0.541. The van der Waals surface area contributed by atoms with Crippen molar-refractivity contribution in [1.82, 2.24) is 0 Å². The molecule has 1 aliphatic heterocycles. The fourth-order valence-corrected chi connectivity index (χ4v) is 3.31. The normalized spacial score (nSPS) is 14.9. The van der Waals surface area contributed by atoms with Crippen molar-refractivity contribution in [3.63, 3.8) is 0 Å². The van der Waals surface area contributed by atoms with Crippen LogP contribution in [0.3, 0.4) is 0 Å². The maximum atomic E-state index is 13.3. The van der Waals surface area contributed by atoms with Crippen molar-refractivity contribution in [3.8, 4) is 5.75 Å². The summed E-state index contributed by atoms with van der Waals surface area (Å²) >= 11 is 0. The van der Waals surface area contributed by atoms with Crippen LogP contribution in [0.5, 0.6) is 5.75 Å². The predicted octanol–water partition coefficient (Wildman–Crippen LogP) is 5.37. The van der Waals surface area contributed by atoms with Crippen molar-refractivity contribution in [3.05, 3.63) is 101 Å². The van der Waals surface area contributed by atoms with Gasteiger partial charge in [0, 0.05) is 5.56 Å². The first-order valence-electron chi connectivity index (χ1n) is 9.75. The topological polar surface area (TPSA) is 41.9 Å². The van der Waals surface area contributed by atoms with Gasteiger partial charge >= 0.3 is 0 Å². The molecule has 3 aromatic rings. The van der Waals surface area contributed by atoms with E-state index in [9.17, 15) is 9.18 Å². The van der Waals surface area contributed by atoms with E-state index in [1.165, 1.54) is 12.1 Å². The van der Waals surface area contributed by atoms with Gasteiger partial charge in [0.15, 0.2) is 0 Å². The van der Waals surface area contributed by atoms with Gasteiger partial charge in [0.25, 0.3) is 5.91 Å². The van der Waals surface area contributed by atoms with Gasteiger partial charge in [-0.25, -0.2) is 9.38 Å². The van der Waals surface area contributed by atoms with Gasteiger partial charge in [0.2, 0.25) is 0 Å². The molecule has 0 bridgehead atoms. The Morgan fingerprint density at radius 3 is 2.43 bits per heavy atom. The number of anilines is 1. The van der Waals surface area contributed by atoms with E-state index in [1.807, 2.05) is 62.4 Å². The number of aryl methyl sites for hydroxylation is 1. The minimum Gasteiger partial charge on any atom is -0.494 e. The maximum Gasteiger partial charge on any atom is 0.282 e. The zero-order valence-corrected chi connectivity index (χ0v) is 16.8. The summed E-state index contributed by atoms with van der Waals surface area (Å²) in [5.41, 5.74) is 3.63.